The molecule has 0 N–H and O–H groups in total. The van der Waals surface area contributed by atoms with Crippen LogP contribution in [0, 0.1) is 10.1 Å². The van der Waals surface area contributed by atoms with Gasteiger partial charge in [-0.05, 0) is 70.6 Å². The zero-order chi connectivity index (χ0) is 25.8. The first-order valence-electron chi connectivity index (χ1n) is 11.9. The van der Waals surface area contributed by atoms with Crippen molar-refractivity contribution in [2.45, 2.75) is 25.7 Å². The number of amides is 1. The summed E-state index contributed by atoms with van der Waals surface area (Å²) >= 11 is 7.72. The van der Waals surface area contributed by atoms with Gasteiger partial charge in [0.1, 0.15) is 17.0 Å². The van der Waals surface area contributed by atoms with Crippen LogP contribution in [0.3, 0.4) is 0 Å². The number of piperidine rings is 1. The van der Waals surface area contributed by atoms with Crippen molar-refractivity contribution in [2.24, 2.45) is 0 Å². The van der Waals surface area contributed by atoms with Crippen LogP contribution in [0.25, 0.3) is 10.2 Å². The first kappa shape index (κ1) is 28.9. The highest BCUT2D eigenvalue weighted by Crippen LogP contribution is 2.39. The molecule has 200 valence electrons. The summed E-state index contributed by atoms with van der Waals surface area (Å²) in [5.74, 6) is 0.232. The van der Waals surface area contributed by atoms with E-state index in [1.165, 1.54) is 17.4 Å². The van der Waals surface area contributed by atoms with Gasteiger partial charge in [-0.2, -0.15) is 0 Å². The summed E-state index contributed by atoms with van der Waals surface area (Å²) in [5.41, 5.74) is 1.35. The number of nitro benzene ring substituents is 1. The van der Waals surface area contributed by atoms with E-state index in [4.69, 9.17) is 21.3 Å². The summed E-state index contributed by atoms with van der Waals surface area (Å²) in [5, 5.41) is 13.0. The molecule has 1 aromatic heterocycles. The van der Waals surface area contributed by atoms with Gasteiger partial charge < -0.3 is 14.5 Å². The Bertz CT molecular complexity index is 1260. The molecule has 0 spiro atoms. The van der Waals surface area contributed by atoms with Crippen molar-refractivity contribution in [3.63, 3.8) is 0 Å². The summed E-state index contributed by atoms with van der Waals surface area (Å²) in [4.78, 5) is 35.7. The van der Waals surface area contributed by atoms with Crippen LogP contribution in [0.2, 0.25) is 5.02 Å². The van der Waals surface area contributed by atoms with Crippen LogP contribution in [0.1, 0.15) is 36.0 Å². The lowest BCUT2D eigenvalue weighted by Gasteiger charge is -2.28. The number of carbonyl (C=O) groups is 1. The van der Waals surface area contributed by atoms with E-state index in [0.717, 1.165) is 43.6 Å². The number of anilines is 2. The van der Waals surface area contributed by atoms with Gasteiger partial charge in [-0.15, -0.1) is 12.4 Å². The lowest BCUT2D eigenvalue weighted by molar-refractivity contribution is -0.384. The zero-order valence-corrected chi connectivity index (χ0v) is 23.5. The minimum atomic E-state index is -0.403. The molecule has 0 bridgehead atoms. The van der Waals surface area contributed by atoms with Gasteiger partial charge in [0.15, 0.2) is 5.13 Å². The molecule has 0 radical (unpaired) electrons. The average Bonchev–Trinajstić information content (AvgIpc) is 3.32. The van der Waals surface area contributed by atoms with Crippen molar-refractivity contribution in [2.75, 3.05) is 57.2 Å². The lowest BCUT2D eigenvalue weighted by atomic mass is 10.1. The molecule has 1 fully saturated rings. The number of carbonyl (C=O) groups excluding carboxylic acids is 1. The molecule has 0 atom stereocenters. The highest BCUT2D eigenvalue weighted by atomic mass is 35.5. The van der Waals surface area contributed by atoms with Crippen molar-refractivity contribution in [3.05, 3.63) is 51.0 Å². The monoisotopic (exact) mass is 567 g/mol. The number of methoxy groups -OCH3 is 1. The largest absolute Gasteiger partial charge is 0.494 e. The van der Waals surface area contributed by atoms with E-state index in [2.05, 4.69) is 0 Å². The van der Waals surface area contributed by atoms with Gasteiger partial charge in [-0.3, -0.25) is 19.8 Å². The fourth-order valence-corrected chi connectivity index (χ4v) is 5.69. The van der Waals surface area contributed by atoms with Crippen LogP contribution in [0.5, 0.6) is 5.75 Å². The number of fused-ring (bicyclic) bond motifs is 1. The third kappa shape index (κ3) is 6.43. The topological polar surface area (TPSA) is 92.0 Å². The van der Waals surface area contributed by atoms with Gasteiger partial charge in [-0.1, -0.05) is 22.9 Å². The Kier molecular flexibility index (Phi) is 9.94. The Hall–Kier alpha value is -2.66. The van der Waals surface area contributed by atoms with Crippen LogP contribution in [-0.4, -0.2) is 68.1 Å². The number of benzene rings is 2. The number of aromatic nitrogens is 1. The average molecular weight is 569 g/mol. The molecule has 2 heterocycles. The number of nitro groups is 1. The van der Waals surface area contributed by atoms with Crippen LogP contribution in [0.4, 0.5) is 16.5 Å². The quantitative estimate of drug-likeness (QED) is 0.235. The van der Waals surface area contributed by atoms with Gasteiger partial charge >= 0.3 is 0 Å². The summed E-state index contributed by atoms with van der Waals surface area (Å²) in [6, 6.07) is 8.26. The second-order valence-corrected chi connectivity index (χ2v) is 10.4. The predicted octanol–water partition coefficient (Wildman–Crippen LogP) is 5.88. The van der Waals surface area contributed by atoms with Gasteiger partial charge in [-0.25, -0.2) is 4.98 Å². The van der Waals surface area contributed by atoms with Crippen molar-refractivity contribution >= 4 is 68.0 Å². The number of ether oxygens (including phenoxy) is 1. The summed E-state index contributed by atoms with van der Waals surface area (Å²) < 4.78 is 6.17. The molecule has 1 aliphatic rings. The molecule has 1 aliphatic heterocycles. The van der Waals surface area contributed by atoms with Crippen molar-refractivity contribution in [3.8, 4) is 5.75 Å². The summed E-state index contributed by atoms with van der Waals surface area (Å²) in [6.45, 7) is 2.73. The van der Waals surface area contributed by atoms with E-state index in [0.29, 0.717) is 40.1 Å². The normalized spacial score (nSPS) is 13.5. The number of hydrogen-bond donors (Lipinski definition) is 0. The number of halogens is 2. The molecule has 4 rings (SSSR count). The van der Waals surface area contributed by atoms with E-state index in [1.807, 2.05) is 23.9 Å². The summed E-state index contributed by atoms with van der Waals surface area (Å²) in [6.07, 6.45) is 3.83. The SMILES string of the molecule is COc1ccc(Cl)c2sc(N(CCCN(C)C)C(=O)c3ccc(N4CCCCC4)c([N+](=O)[O-])c3)nc12.Cl. The number of nitrogens with zero attached hydrogens (tertiary/aromatic N) is 5. The second kappa shape index (κ2) is 12.7. The molecule has 1 amide bonds. The first-order chi connectivity index (χ1) is 17.3. The molecular formula is C25H31Cl2N5O4S. The fraction of sp³-hybridized carbons (Fsp3) is 0.440. The Morgan fingerprint density at radius 2 is 1.92 bits per heavy atom. The minimum Gasteiger partial charge on any atom is -0.494 e. The van der Waals surface area contributed by atoms with E-state index in [-0.39, 0.29) is 29.6 Å². The number of rotatable bonds is 9. The Labute approximate surface area is 231 Å². The molecule has 37 heavy (non-hydrogen) atoms. The minimum absolute atomic E-state index is 0. The Morgan fingerprint density at radius 1 is 1.19 bits per heavy atom. The standard InChI is InChI=1S/C25H30ClN5O4S.ClH/c1-28(2)12-7-15-30(25-27-22-21(35-3)11-9-18(26)23(22)36-25)24(32)17-8-10-19(20(16-17)31(33)34)29-13-5-4-6-14-29;/h8-11,16H,4-7,12-15H2,1-3H3;1H. The third-order valence-corrected chi connectivity index (χ3v) is 7.78. The molecule has 9 nitrogen and oxygen atoms in total. The fourth-order valence-electron chi connectivity index (χ4n) is 4.41. The molecule has 1 saturated heterocycles. The summed E-state index contributed by atoms with van der Waals surface area (Å²) in [7, 11) is 5.50. The van der Waals surface area contributed by atoms with Gasteiger partial charge in [0.05, 0.1) is 21.8 Å². The van der Waals surface area contributed by atoms with Crippen LogP contribution in [0.15, 0.2) is 30.3 Å². The van der Waals surface area contributed by atoms with Crippen LogP contribution >= 0.6 is 35.3 Å². The predicted molar refractivity (Wildman–Crippen MR) is 152 cm³/mol. The Morgan fingerprint density at radius 3 is 2.57 bits per heavy atom. The molecule has 0 unspecified atom stereocenters. The highest BCUT2D eigenvalue weighted by molar-refractivity contribution is 7.23. The first-order valence-corrected chi connectivity index (χ1v) is 13.1. The van der Waals surface area contributed by atoms with Gasteiger partial charge in [0, 0.05) is 31.3 Å². The smallest absolute Gasteiger partial charge is 0.293 e. The van der Waals surface area contributed by atoms with E-state index >= 15 is 0 Å². The lowest BCUT2D eigenvalue weighted by Crippen LogP contribution is -2.34. The van der Waals surface area contributed by atoms with E-state index in [9.17, 15) is 14.9 Å². The van der Waals surface area contributed by atoms with Gasteiger partial charge in [0.25, 0.3) is 11.6 Å². The van der Waals surface area contributed by atoms with E-state index in [1.54, 1.807) is 36.3 Å². The van der Waals surface area contributed by atoms with Crippen molar-refractivity contribution < 1.29 is 14.5 Å². The molecule has 0 aliphatic carbocycles. The maximum absolute atomic E-state index is 13.8. The second-order valence-electron chi connectivity index (χ2n) is 9.05. The third-order valence-electron chi connectivity index (χ3n) is 6.25. The maximum Gasteiger partial charge on any atom is 0.293 e. The van der Waals surface area contributed by atoms with Crippen molar-refractivity contribution in [1.82, 2.24) is 9.88 Å². The zero-order valence-electron chi connectivity index (χ0n) is 21.1. The number of hydrogen-bond acceptors (Lipinski definition) is 8. The van der Waals surface area contributed by atoms with Crippen molar-refractivity contribution in [1.29, 1.82) is 0 Å². The number of thiazole rings is 1. The highest BCUT2D eigenvalue weighted by Gasteiger charge is 2.27. The van der Waals surface area contributed by atoms with Crippen LogP contribution in [-0.2, 0) is 0 Å². The van der Waals surface area contributed by atoms with Gasteiger partial charge in [0.2, 0.25) is 0 Å². The molecule has 12 heteroatoms. The van der Waals surface area contributed by atoms with E-state index < -0.39 is 4.92 Å². The maximum atomic E-state index is 13.8. The molecule has 2 aromatic carbocycles. The molecule has 0 saturated carbocycles. The Balaban J connectivity index is 0.00000380. The molecule has 3 aromatic rings. The molecular weight excluding hydrogens is 537 g/mol. The van der Waals surface area contributed by atoms with Crippen LogP contribution < -0.4 is 14.5 Å².